The summed E-state index contributed by atoms with van der Waals surface area (Å²) in [6.07, 6.45) is 7.77. The van der Waals surface area contributed by atoms with Gasteiger partial charge in [0.05, 0.1) is 0 Å². The molecule has 2 unspecified atom stereocenters. The summed E-state index contributed by atoms with van der Waals surface area (Å²) >= 11 is 0. The van der Waals surface area contributed by atoms with Crippen LogP contribution in [-0.4, -0.2) is 6.04 Å². The molecule has 1 nitrogen and oxygen atoms in total. The Morgan fingerprint density at radius 3 is 3.00 bits per heavy atom. The maximum Gasteiger partial charge on any atom is 0.00104 e. The Hall–Kier alpha value is -0.820. The molecule has 0 fully saturated rings. The van der Waals surface area contributed by atoms with Crippen molar-refractivity contribution in [2.24, 2.45) is 5.73 Å². The molecule has 88 valence electrons. The quantitative estimate of drug-likeness (QED) is 0.819. The van der Waals surface area contributed by atoms with E-state index < -0.39 is 0 Å². The van der Waals surface area contributed by atoms with Gasteiger partial charge in [-0.25, -0.2) is 0 Å². The van der Waals surface area contributed by atoms with Crippen molar-refractivity contribution in [3.8, 4) is 0 Å². The molecule has 1 heteroatoms. The van der Waals surface area contributed by atoms with Crippen molar-refractivity contribution in [1.82, 2.24) is 0 Å². The maximum absolute atomic E-state index is 5.80. The Labute approximate surface area is 99.0 Å². The summed E-state index contributed by atoms with van der Waals surface area (Å²) in [5, 5.41) is 0. The lowest BCUT2D eigenvalue weighted by Gasteiger charge is -2.25. The van der Waals surface area contributed by atoms with E-state index in [1.165, 1.54) is 38.5 Å². The normalized spacial score (nSPS) is 21.5. The van der Waals surface area contributed by atoms with Crippen LogP contribution in [0.2, 0.25) is 0 Å². The lowest BCUT2D eigenvalue weighted by Crippen LogP contribution is -2.15. The van der Waals surface area contributed by atoms with Crippen LogP contribution in [0.4, 0.5) is 0 Å². The highest BCUT2D eigenvalue weighted by Gasteiger charge is 2.18. The average molecular weight is 217 g/mol. The smallest absolute Gasteiger partial charge is 0.00104 e. The standard InChI is InChI=1S/C15H23N/c1-12(16)6-4-8-14-10-5-9-13-7-2-3-11-15(13)14/h2-3,7,11-12,14H,4-6,8-10,16H2,1H3. The molecule has 0 aliphatic heterocycles. The van der Waals surface area contributed by atoms with Crippen molar-refractivity contribution >= 4 is 0 Å². The van der Waals surface area contributed by atoms with Crippen molar-refractivity contribution in [2.45, 2.75) is 57.4 Å². The summed E-state index contributed by atoms with van der Waals surface area (Å²) in [7, 11) is 0. The Kier molecular flexibility index (Phi) is 4.00. The minimum atomic E-state index is 0.360. The molecule has 0 saturated carbocycles. The van der Waals surface area contributed by atoms with Gasteiger partial charge in [0, 0.05) is 6.04 Å². The summed E-state index contributed by atoms with van der Waals surface area (Å²) in [4.78, 5) is 0. The van der Waals surface area contributed by atoms with Crippen LogP contribution in [0.25, 0.3) is 0 Å². The van der Waals surface area contributed by atoms with E-state index >= 15 is 0 Å². The number of fused-ring (bicyclic) bond motifs is 1. The van der Waals surface area contributed by atoms with Gasteiger partial charge >= 0.3 is 0 Å². The zero-order valence-corrected chi connectivity index (χ0v) is 10.3. The first kappa shape index (κ1) is 11.7. The van der Waals surface area contributed by atoms with Crippen LogP contribution in [0.5, 0.6) is 0 Å². The monoisotopic (exact) mass is 217 g/mol. The number of nitrogens with two attached hydrogens (primary N) is 1. The van der Waals surface area contributed by atoms with Gasteiger partial charge in [-0.3, -0.25) is 0 Å². The second kappa shape index (κ2) is 5.49. The Balaban J connectivity index is 1.96. The van der Waals surface area contributed by atoms with Crippen molar-refractivity contribution in [3.63, 3.8) is 0 Å². The van der Waals surface area contributed by atoms with E-state index in [0.29, 0.717) is 6.04 Å². The zero-order valence-electron chi connectivity index (χ0n) is 10.3. The second-order valence-corrected chi connectivity index (χ2v) is 5.20. The van der Waals surface area contributed by atoms with E-state index in [9.17, 15) is 0 Å². The van der Waals surface area contributed by atoms with Gasteiger partial charge in [-0.05, 0) is 56.1 Å². The van der Waals surface area contributed by atoms with Gasteiger partial charge in [-0.2, -0.15) is 0 Å². The highest BCUT2D eigenvalue weighted by molar-refractivity contribution is 5.32. The molecule has 0 radical (unpaired) electrons. The van der Waals surface area contributed by atoms with Gasteiger partial charge in [0.15, 0.2) is 0 Å². The van der Waals surface area contributed by atoms with Gasteiger partial charge < -0.3 is 5.73 Å². The molecule has 1 aliphatic carbocycles. The molecule has 0 amide bonds. The summed E-state index contributed by atoms with van der Waals surface area (Å²) in [6.45, 7) is 2.11. The molecule has 0 saturated heterocycles. The molecule has 0 heterocycles. The molecule has 1 aromatic rings. The summed E-state index contributed by atoms with van der Waals surface area (Å²) < 4.78 is 0. The fourth-order valence-corrected chi connectivity index (χ4v) is 2.84. The van der Waals surface area contributed by atoms with Crippen LogP contribution in [-0.2, 0) is 6.42 Å². The average Bonchev–Trinajstić information content (AvgIpc) is 2.29. The third kappa shape index (κ3) is 2.85. The van der Waals surface area contributed by atoms with Gasteiger partial charge in [0.25, 0.3) is 0 Å². The number of benzene rings is 1. The highest BCUT2D eigenvalue weighted by Crippen LogP contribution is 2.34. The third-order valence-electron chi connectivity index (χ3n) is 3.71. The lowest BCUT2D eigenvalue weighted by atomic mass is 9.80. The van der Waals surface area contributed by atoms with E-state index in [4.69, 9.17) is 5.73 Å². The first-order valence-electron chi connectivity index (χ1n) is 6.61. The summed E-state index contributed by atoms with van der Waals surface area (Å²) in [5.74, 6) is 0.795. The van der Waals surface area contributed by atoms with Crippen molar-refractivity contribution in [2.75, 3.05) is 0 Å². The van der Waals surface area contributed by atoms with E-state index in [0.717, 1.165) is 5.92 Å². The zero-order chi connectivity index (χ0) is 11.4. The Bertz CT molecular complexity index is 330. The van der Waals surface area contributed by atoms with Crippen LogP contribution in [0, 0.1) is 0 Å². The number of aryl methyl sites for hydroxylation is 1. The van der Waals surface area contributed by atoms with Crippen LogP contribution < -0.4 is 5.73 Å². The van der Waals surface area contributed by atoms with Gasteiger partial charge in [-0.1, -0.05) is 30.7 Å². The first-order valence-corrected chi connectivity index (χ1v) is 6.61. The number of hydrogen-bond donors (Lipinski definition) is 1. The molecule has 1 aromatic carbocycles. The van der Waals surface area contributed by atoms with Crippen LogP contribution in [0.15, 0.2) is 24.3 Å². The van der Waals surface area contributed by atoms with Crippen LogP contribution in [0.3, 0.4) is 0 Å². The summed E-state index contributed by atoms with van der Waals surface area (Å²) in [5.41, 5.74) is 9.00. The van der Waals surface area contributed by atoms with E-state index in [-0.39, 0.29) is 0 Å². The largest absolute Gasteiger partial charge is 0.328 e. The van der Waals surface area contributed by atoms with Crippen molar-refractivity contribution < 1.29 is 0 Å². The predicted molar refractivity (Wildman–Crippen MR) is 69.6 cm³/mol. The van der Waals surface area contributed by atoms with Gasteiger partial charge in [-0.15, -0.1) is 0 Å². The van der Waals surface area contributed by atoms with Gasteiger partial charge in [0.1, 0.15) is 0 Å². The maximum atomic E-state index is 5.80. The summed E-state index contributed by atoms with van der Waals surface area (Å²) in [6, 6.07) is 9.34. The molecule has 2 atom stereocenters. The molecule has 2 rings (SSSR count). The lowest BCUT2D eigenvalue weighted by molar-refractivity contribution is 0.481. The highest BCUT2D eigenvalue weighted by atomic mass is 14.6. The molecule has 0 spiro atoms. The fourth-order valence-electron chi connectivity index (χ4n) is 2.84. The third-order valence-corrected chi connectivity index (χ3v) is 3.71. The van der Waals surface area contributed by atoms with Crippen molar-refractivity contribution in [1.29, 1.82) is 0 Å². The van der Waals surface area contributed by atoms with E-state index in [2.05, 4.69) is 31.2 Å². The molecule has 16 heavy (non-hydrogen) atoms. The topological polar surface area (TPSA) is 26.0 Å². The molecule has 1 aliphatic rings. The van der Waals surface area contributed by atoms with Gasteiger partial charge in [0.2, 0.25) is 0 Å². The Morgan fingerprint density at radius 1 is 1.38 bits per heavy atom. The van der Waals surface area contributed by atoms with Crippen molar-refractivity contribution in [3.05, 3.63) is 35.4 Å². The Morgan fingerprint density at radius 2 is 2.19 bits per heavy atom. The minimum Gasteiger partial charge on any atom is -0.328 e. The molecular formula is C15H23N. The van der Waals surface area contributed by atoms with E-state index in [1.807, 2.05) is 0 Å². The number of hydrogen-bond acceptors (Lipinski definition) is 1. The van der Waals surface area contributed by atoms with Crippen LogP contribution in [0.1, 0.15) is 56.1 Å². The SMILES string of the molecule is CC(N)CCCC1CCCc2ccccc21. The first-order chi connectivity index (χ1) is 7.77. The molecular weight excluding hydrogens is 194 g/mol. The van der Waals surface area contributed by atoms with Crippen LogP contribution >= 0.6 is 0 Å². The molecule has 0 bridgehead atoms. The minimum absolute atomic E-state index is 0.360. The number of rotatable bonds is 4. The fraction of sp³-hybridized carbons (Fsp3) is 0.600. The predicted octanol–water partition coefficient (Wildman–Crippen LogP) is 3.62. The van der Waals surface area contributed by atoms with E-state index in [1.54, 1.807) is 11.1 Å². The molecule has 2 N–H and O–H groups in total. The molecule has 0 aromatic heterocycles. The second-order valence-electron chi connectivity index (χ2n) is 5.20.